The van der Waals surface area contributed by atoms with Crippen LogP contribution < -0.4 is 5.11 Å². The standard InChI is InChI=1S/C24H15NO3/c26-23-22(16-8-2-1-3-9-16)24(27)28-25(23)15-21-19-12-6-4-10-17(19)14-18-11-5-7-13-20(18)21/h1-15H/b25-15-. The van der Waals surface area contributed by atoms with Gasteiger partial charge in [0.1, 0.15) is 5.57 Å². The molecule has 134 valence electrons. The smallest absolute Gasteiger partial charge is 0.417 e. The molecule has 0 saturated carbocycles. The van der Waals surface area contributed by atoms with Crippen molar-refractivity contribution in [2.75, 3.05) is 0 Å². The largest absolute Gasteiger partial charge is 0.819 e. The van der Waals surface area contributed by atoms with Crippen LogP contribution in [-0.4, -0.2) is 16.9 Å². The van der Waals surface area contributed by atoms with Gasteiger partial charge in [-0.1, -0.05) is 78.9 Å². The molecule has 0 atom stereocenters. The average Bonchev–Trinajstić information content (AvgIpc) is 3.01. The van der Waals surface area contributed by atoms with Gasteiger partial charge >= 0.3 is 5.97 Å². The quantitative estimate of drug-likeness (QED) is 0.310. The van der Waals surface area contributed by atoms with Crippen LogP contribution in [0.4, 0.5) is 0 Å². The summed E-state index contributed by atoms with van der Waals surface area (Å²) in [7, 11) is 0. The molecule has 4 aromatic carbocycles. The molecule has 4 nitrogen and oxygen atoms in total. The lowest BCUT2D eigenvalue weighted by molar-refractivity contribution is -0.770. The molecule has 28 heavy (non-hydrogen) atoms. The van der Waals surface area contributed by atoms with Crippen molar-refractivity contribution in [3.63, 3.8) is 0 Å². The van der Waals surface area contributed by atoms with Crippen LogP contribution in [0.3, 0.4) is 0 Å². The monoisotopic (exact) mass is 365 g/mol. The van der Waals surface area contributed by atoms with Crippen molar-refractivity contribution < 1.29 is 19.5 Å². The highest BCUT2D eigenvalue weighted by Crippen LogP contribution is 2.29. The highest BCUT2D eigenvalue weighted by molar-refractivity contribution is 6.18. The van der Waals surface area contributed by atoms with Gasteiger partial charge in [0.25, 0.3) is 0 Å². The normalized spacial score (nSPS) is 15.6. The molecule has 0 fully saturated rings. The van der Waals surface area contributed by atoms with Gasteiger partial charge in [-0.15, -0.1) is 0 Å². The summed E-state index contributed by atoms with van der Waals surface area (Å²) < 4.78 is 1.04. The summed E-state index contributed by atoms with van der Waals surface area (Å²) in [5, 5.41) is 17.0. The van der Waals surface area contributed by atoms with Gasteiger partial charge in [-0.25, -0.2) is 4.79 Å². The maximum atomic E-state index is 12.9. The van der Waals surface area contributed by atoms with Gasteiger partial charge in [-0.3, -0.25) is 0 Å². The summed E-state index contributed by atoms with van der Waals surface area (Å²) in [6.45, 7) is 0. The zero-order valence-corrected chi connectivity index (χ0v) is 14.8. The molecule has 0 amide bonds. The van der Waals surface area contributed by atoms with Crippen molar-refractivity contribution >= 4 is 39.3 Å². The van der Waals surface area contributed by atoms with Gasteiger partial charge in [0.05, 0.1) is 5.56 Å². The van der Waals surface area contributed by atoms with E-state index in [0.717, 1.165) is 31.8 Å². The Kier molecular flexibility index (Phi) is 3.69. The van der Waals surface area contributed by atoms with Gasteiger partial charge in [-0.05, 0) is 33.2 Å². The number of hydrogen-bond donors (Lipinski definition) is 0. The van der Waals surface area contributed by atoms with E-state index in [2.05, 4.69) is 6.07 Å². The first kappa shape index (κ1) is 16.3. The second-order valence-electron chi connectivity index (χ2n) is 6.61. The molecular weight excluding hydrogens is 350 g/mol. The topological polar surface area (TPSA) is 52.4 Å². The molecule has 0 aliphatic carbocycles. The Morgan fingerprint density at radius 2 is 1.36 bits per heavy atom. The molecule has 0 spiro atoms. The van der Waals surface area contributed by atoms with Gasteiger partial charge in [-0.2, -0.15) is 4.84 Å². The zero-order valence-electron chi connectivity index (χ0n) is 14.8. The van der Waals surface area contributed by atoms with Crippen molar-refractivity contribution in [3.05, 3.63) is 102 Å². The fraction of sp³-hybridized carbons (Fsp3) is 0. The van der Waals surface area contributed by atoms with Crippen molar-refractivity contribution in [2.24, 2.45) is 0 Å². The number of carbonyl (C=O) groups is 1. The van der Waals surface area contributed by atoms with E-state index in [1.807, 2.05) is 54.6 Å². The molecule has 1 heterocycles. The van der Waals surface area contributed by atoms with E-state index in [-0.39, 0.29) is 5.57 Å². The number of hydroxylamine groups is 1. The predicted octanol–water partition coefficient (Wildman–Crippen LogP) is 3.63. The van der Waals surface area contributed by atoms with Crippen LogP contribution in [-0.2, 0) is 9.63 Å². The lowest BCUT2D eigenvalue weighted by Crippen LogP contribution is -2.18. The lowest BCUT2D eigenvalue weighted by atomic mass is 9.97. The van der Waals surface area contributed by atoms with Gasteiger partial charge < -0.3 is 5.11 Å². The molecule has 0 aromatic heterocycles. The molecule has 1 aliphatic rings. The van der Waals surface area contributed by atoms with E-state index in [9.17, 15) is 9.90 Å². The van der Waals surface area contributed by atoms with Crippen LogP contribution in [0.2, 0.25) is 0 Å². The number of hydrogen-bond acceptors (Lipinski definition) is 3. The predicted molar refractivity (Wildman–Crippen MR) is 106 cm³/mol. The third-order valence-corrected chi connectivity index (χ3v) is 4.92. The maximum Gasteiger partial charge on any atom is 0.417 e. The third-order valence-electron chi connectivity index (χ3n) is 4.92. The summed E-state index contributed by atoms with van der Waals surface area (Å²) >= 11 is 0. The molecule has 4 aromatic rings. The Balaban J connectivity index is 1.76. The van der Waals surface area contributed by atoms with E-state index in [4.69, 9.17) is 4.84 Å². The highest BCUT2D eigenvalue weighted by Gasteiger charge is 2.34. The van der Waals surface area contributed by atoms with Crippen molar-refractivity contribution in [1.29, 1.82) is 0 Å². The first-order valence-electron chi connectivity index (χ1n) is 8.96. The molecule has 4 heteroatoms. The number of benzene rings is 4. The first-order chi connectivity index (χ1) is 13.7. The van der Waals surface area contributed by atoms with Crippen LogP contribution >= 0.6 is 0 Å². The van der Waals surface area contributed by atoms with Gasteiger partial charge in [0.2, 0.25) is 12.1 Å². The van der Waals surface area contributed by atoms with Crippen LogP contribution in [0.25, 0.3) is 27.1 Å². The molecule has 0 N–H and O–H groups in total. The van der Waals surface area contributed by atoms with Crippen molar-refractivity contribution in [1.82, 2.24) is 0 Å². The molecule has 1 aliphatic heterocycles. The summed E-state index contributed by atoms with van der Waals surface area (Å²) in [6, 6.07) is 26.9. The first-order valence-corrected chi connectivity index (χ1v) is 8.96. The van der Waals surface area contributed by atoms with Crippen molar-refractivity contribution in [2.45, 2.75) is 0 Å². The van der Waals surface area contributed by atoms with E-state index in [1.165, 1.54) is 0 Å². The zero-order chi connectivity index (χ0) is 19.1. The van der Waals surface area contributed by atoms with Crippen LogP contribution in [0.5, 0.6) is 0 Å². The Morgan fingerprint density at radius 1 is 0.786 bits per heavy atom. The minimum absolute atomic E-state index is 0.0430. The van der Waals surface area contributed by atoms with Gasteiger partial charge in [0, 0.05) is 4.74 Å². The van der Waals surface area contributed by atoms with E-state index in [1.54, 1.807) is 30.5 Å². The molecule has 0 bridgehead atoms. The summed E-state index contributed by atoms with van der Waals surface area (Å²) in [5.41, 5.74) is 1.43. The summed E-state index contributed by atoms with van der Waals surface area (Å²) in [4.78, 5) is 17.7. The summed E-state index contributed by atoms with van der Waals surface area (Å²) in [6.07, 6.45) is 1.61. The van der Waals surface area contributed by atoms with Crippen LogP contribution in [0, 0.1) is 0 Å². The average molecular weight is 365 g/mol. The maximum absolute atomic E-state index is 12.9. The number of fused-ring (bicyclic) bond motifs is 2. The SMILES string of the molecule is O=C1O/[N+](=C\c2c3ccccc3cc3ccccc23)C([O-])=C1c1ccccc1. The minimum Gasteiger partial charge on any atom is -0.819 e. The molecule has 5 rings (SSSR count). The highest BCUT2D eigenvalue weighted by atomic mass is 16.7. The van der Waals surface area contributed by atoms with Gasteiger partial charge in [0.15, 0.2) is 0 Å². The second-order valence-corrected chi connectivity index (χ2v) is 6.61. The summed E-state index contributed by atoms with van der Waals surface area (Å²) in [5.74, 6) is -1.11. The van der Waals surface area contributed by atoms with Crippen molar-refractivity contribution in [3.8, 4) is 0 Å². The molecule has 0 saturated heterocycles. The molecule has 0 unspecified atom stereocenters. The Bertz CT molecular complexity index is 1250. The van der Waals surface area contributed by atoms with Crippen LogP contribution in [0.1, 0.15) is 11.1 Å². The fourth-order valence-corrected chi connectivity index (χ4v) is 3.61. The fourth-order valence-electron chi connectivity index (χ4n) is 3.61. The van der Waals surface area contributed by atoms with E-state index >= 15 is 0 Å². The minimum atomic E-state index is -0.642. The Morgan fingerprint density at radius 3 is 2.00 bits per heavy atom. The second kappa shape index (κ2) is 6.35. The third kappa shape index (κ3) is 2.55. The van der Waals surface area contributed by atoms with E-state index in [0.29, 0.717) is 5.56 Å². The Hall–Kier alpha value is -3.92. The van der Waals surface area contributed by atoms with Crippen LogP contribution in [0.15, 0.2) is 90.8 Å². The molecular formula is C24H15NO3. The number of nitrogens with zero attached hydrogens (tertiary/aromatic N) is 1. The lowest BCUT2D eigenvalue weighted by Gasteiger charge is -2.07. The number of rotatable bonds is 2. The molecule has 0 radical (unpaired) electrons. The Labute approximate surface area is 161 Å². The van der Waals surface area contributed by atoms with E-state index < -0.39 is 11.9 Å². The number of carbonyl (C=O) groups excluding carboxylic acids is 1.